The topological polar surface area (TPSA) is 83.6 Å². The Morgan fingerprint density at radius 1 is 1.14 bits per heavy atom. The molecule has 0 saturated heterocycles. The molecule has 0 aliphatic heterocycles. The van der Waals surface area contributed by atoms with Gasteiger partial charge in [0.2, 0.25) is 20.0 Å². The summed E-state index contributed by atoms with van der Waals surface area (Å²) in [6.07, 6.45) is 2.71. The number of aryl methyl sites for hydroxylation is 1. The molecule has 0 heterocycles. The number of nitrogens with one attached hydrogen (secondary N) is 1. The van der Waals surface area contributed by atoms with Crippen LogP contribution in [0.3, 0.4) is 0 Å². The van der Waals surface area contributed by atoms with E-state index in [4.69, 9.17) is 0 Å². The van der Waals surface area contributed by atoms with Crippen LogP contribution in [0, 0.1) is 6.92 Å². The second-order valence-corrected chi connectivity index (χ2v) is 9.05. The van der Waals surface area contributed by atoms with Crippen molar-refractivity contribution in [2.75, 3.05) is 19.3 Å². The molecule has 6 nitrogen and oxygen atoms in total. The van der Waals surface area contributed by atoms with Gasteiger partial charge in [-0.1, -0.05) is 17.7 Å². The van der Waals surface area contributed by atoms with Crippen LogP contribution in [0.15, 0.2) is 29.2 Å². The quantitative estimate of drug-likeness (QED) is 0.796. The molecule has 0 spiro atoms. The van der Waals surface area contributed by atoms with Crippen LogP contribution in [0.2, 0.25) is 0 Å². The van der Waals surface area contributed by atoms with Crippen molar-refractivity contribution in [1.82, 2.24) is 9.03 Å². The van der Waals surface area contributed by atoms with Crippen LogP contribution in [-0.4, -0.2) is 46.5 Å². The third-order valence-corrected chi connectivity index (χ3v) is 5.97. The van der Waals surface area contributed by atoms with E-state index < -0.39 is 20.0 Å². The van der Waals surface area contributed by atoms with Gasteiger partial charge in [0.25, 0.3) is 0 Å². The number of sulfonamides is 2. The summed E-state index contributed by atoms with van der Waals surface area (Å²) in [5.74, 6) is 0. The zero-order chi connectivity index (χ0) is 15.7. The first-order valence-corrected chi connectivity index (χ1v) is 10.1. The minimum Gasteiger partial charge on any atom is -0.214 e. The summed E-state index contributed by atoms with van der Waals surface area (Å²) < 4.78 is 51.1. The standard InChI is InChI=1S/C13H20N2O4S2/c1-11-3-7-13(8-4-11)21(18,19)15(12-5-6-12)10-9-14-20(2,16)17/h3-4,7-8,12,14H,5-6,9-10H2,1-2H3. The molecular weight excluding hydrogens is 312 g/mol. The Hall–Kier alpha value is -0.960. The van der Waals surface area contributed by atoms with E-state index in [1.165, 1.54) is 4.31 Å². The second kappa shape index (κ2) is 6.04. The maximum Gasteiger partial charge on any atom is 0.243 e. The smallest absolute Gasteiger partial charge is 0.214 e. The van der Waals surface area contributed by atoms with E-state index in [0.717, 1.165) is 24.7 Å². The van der Waals surface area contributed by atoms with Crippen LogP contribution in [0.1, 0.15) is 18.4 Å². The first-order chi connectivity index (χ1) is 9.70. The molecule has 1 saturated carbocycles. The number of nitrogens with zero attached hydrogens (tertiary/aromatic N) is 1. The van der Waals surface area contributed by atoms with Crippen molar-refractivity contribution in [1.29, 1.82) is 0 Å². The molecule has 0 bridgehead atoms. The predicted octanol–water partition coefficient (Wildman–Crippen LogP) is 0.697. The van der Waals surface area contributed by atoms with Crippen molar-refractivity contribution >= 4 is 20.0 Å². The van der Waals surface area contributed by atoms with Crippen molar-refractivity contribution in [3.05, 3.63) is 29.8 Å². The fraction of sp³-hybridized carbons (Fsp3) is 0.538. The van der Waals surface area contributed by atoms with E-state index in [2.05, 4.69) is 4.72 Å². The summed E-state index contributed by atoms with van der Waals surface area (Å²) in [5, 5.41) is 0. The van der Waals surface area contributed by atoms with Crippen molar-refractivity contribution in [3.8, 4) is 0 Å². The normalized spacial score (nSPS) is 16.3. The molecule has 0 atom stereocenters. The van der Waals surface area contributed by atoms with Gasteiger partial charge in [0, 0.05) is 19.1 Å². The van der Waals surface area contributed by atoms with Gasteiger partial charge < -0.3 is 0 Å². The Kier molecular flexibility index (Phi) is 4.72. The SMILES string of the molecule is Cc1ccc(S(=O)(=O)N(CCNS(C)(=O)=O)C2CC2)cc1. The second-order valence-electron chi connectivity index (χ2n) is 5.33. The minimum absolute atomic E-state index is 0.0161. The Morgan fingerprint density at radius 2 is 1.71 bits per heavy atom. The molecule has 1 aliphatic carbocycles. The van der Waals surface area contributed by atoms with Crippen LogP contribution in [0.25, 0.3) is 0 Å². The molecule has 1 aromatic rings. The zero-order valence-electron chi connectivity index (χ0n) is 12.1. The van der Waals surface area contributed by atoms with Crippen LogP contribution < -0.4 is 4.72 Å². The molecule has 1 fully saturated rings. The predicted molar refractivity (Wildman–Crippen MR) is 80.9 cm³/mol. The molecule has 8 heteroatoms. The van der Waals surface area contributed by atoms with E-state index in [0.29, 0.717) is 0 Å². The van der Waals surface area contributed by atoms with E-state index in [9.17, 15) is 16.8 Å². The molecule has 1 N–H and O–H groups in total. The summed E-state index contributed by atoms with van der Waals surface area (Å²) in [4.78, 5) is 0.249. The number of hydrogen-bond donors (Lipinski definition) is 1. The van der Waals surface area contributed by atoms with Crippen molar-refractivity contribution in [2.24, 2.45) is 0 Å². The van der Waals surface area contributed by atoms with Crippen LogP contribution in [-0.2, 0) is 20.0 Å². The molecule has 0 aromatic heterocycles. The third-order valence-electron chi connectivity index (χ3n) is 3.28. The molecular formula is C13H20N2O4S2. The van der Waals surface area contributed by atoms with Crippen LogP contribution in [0.4, 0.5) is 0 Å². The Morgan fingerprint density at radius 3 is 2.19 bits per heavy atom. The number of rotatable bonds is 7. The van der Waals surface area contributed by atoms with Gasteiger partial charge in [0.15, 0.2) is 0 Å². The highest BCUT2D eigenvalue weighted by molar-refractivity contribution is 7.89. The lowest BCUT2D eigenvalue weighted by Crippen LogP contribution is -2.39. The summed E-state index contributed by atoms with van der Waals surface area (Å²) in [7, 11) is -6.89. The Bertz CT molecular complexity index is 692. The fourth-order valence-electron chi connectivity index (χ4n) is 2.05. The van der Waals surface area contributed by atoms with Gasteiger partial charge in [-0.05, 0) is 31.9 Å². The average Bonchev–Trinajstić information content (AvgIpc) is 3.18. The van der Waals surface area contributed by atoms with E-state index in [-0.39, 0.29) is 24.0 Å². The van der Waals surface area contributed by atoms with Gasteiger partial charge in [0.1, 0.15) is 0 Å². The molecule has 1 aliphatic rings. The zero-order valence-corrected chi connectivity index (χ0v) is 13.7. The van der Waals surface area contributed by atoms with Crippen LogP contribution >= 0.6 is 0 Å². The summed E-state index contributed by atoms with van der Waals surface area (Å²) in [6, 6.07) is 6.67. The first kappa shape index (κ1) is 16.4. The highest BCUT2D eigenvalue weighted by Gasteiger charge is 2.37. The van der Waals surface area contributed by atoms with Crippen molar-refractivity contribution in [2.45, 2.75) is 30.7 Å². The van der Waals surface area contributed by atoms with Gasteiger partial charge in [-0.15, -0.1) is 0 Å². The minimum atomic E-state index is -3.57. The lowest BCUT2D eigenvalue weighted by Gasteiger charge is -2.22. The average molecular weight is 332 g/mol. The molecule has 1 aromatic carbocycles. The fourth-order valence-corrected chi connectivity index (χ4v) is 4.20. The molecule has 0 amide bonds. The van der Waals surface area contributed by atoms with Gasteiger partial charge in [0.05, 0.1) is 11.2 Å². The molecule has 2 rings (SSSR count). The Labute approximate surface area is 126 Å². The van der Waals surface area contributed by atoms with E-state index in [1.54, 1.807) is 24.3 Å². The molecule has 21 heavy (non-hydrogen) atoms. The van der Waals surface area contributed by atoms with E-state index >= 15 is 0 Å². The monoisotopic (exact) mass is 332 g/mol. The Balaban J connectivity index is 2.15. The maximum atomic E-state index is 12.6. The van der Waals surface area contributed by atoms with Crippen molar-refractivity contribution in [3.63, 3.8) is 0 Å². The lowest BCUT2D eigenvalue weighted by atomic mass is 10.2. The van der Waals surface area contributed by atoms with Gasteiger partial charge in [-0.2, -0.15) is 4.31 Å². The van der Waals surface area contributed by atoms with Gasteiger partial charge in [-0.25, -0.2) is 21.6 Å². The summed E-state index contributed by atoms with van der Waals surface area (Å²) >= 11 is 0. The number of benzene rings is 1. The van der Waals surface area contributed by atoms with Gasteiger partial charge >= 0.3 is 0 Å². The summed E-state index contributed by atoms with van der Waals surface area (Å²) in [5.41, 5.74) is 0.991. The third kappa shape index (κ3) is 4.50. The molecule has 0 radical (unpaired) electrons. The highest BCUT2D eigenvalue weighted by Crippen LogP contribution is 2.31. The highest BCUT2D eigenvalue weighted by atomic mass is 32.2. The van der Waals surface area contributed by atoms with Crippen molar-refractivity contribution < 1.29 is 16.8 Å². The maximum absolute atomic E-state index is 12.6. The summed E-state index contributed by atoms with van der Waals surface area (Å²) in [6.45, 7) is 2.12. The van der Waals surface area contributed by atoms with Crippen LogP contribution in [0.5, 0.6) is 0 Å². The van der Waals surface area contributed by atoms with Gasteiger partial charge in [-0.3, -0.25) is 0 Å². The largest absolute Gasteiger partial charge is 0.243 e. The molecule has 0 unspecified atom stereocenters. The lowest BCUT2D eigenvalue weighted by molar-refractivity contribution is 0.406. The number of hydrogen-bond acceptors (Lipinski definition) is 4. The van der Waals surface area contributed by atoms with E-state index in [1.807, 2.05) is 6.92 Å². The first-order valence-electron chi connectivity index (χ1n) is 6.73. The molecule has 118 valence electrons.